The predicted octanol–water partition coefficient (Wildman–Crippen LogP) is 2.95. The molecule has 0 bridgehead atoms. The van der Waals surface area contributed by atoms with E-state index in [4.69, 9.17) is 5.73 Å². The Hall–Kier alpha value is -0.0800. The Morgan fingerprint density at radius 1 is 0.786 bits per heavy atom. The zero-order chi connectivity index (χ0) is 10.6. The molecule has 0 aliphatic rings. The Bertz CT molecular complexity index is 96.5. The molecular weight excluding hydrogens is 172 g/mol. The van der Waals surface area contributed by atoms with Gasteiger partial charge in [0.15, 0.2) is 0 Å². The van der Waals surface area contributed by atoms with Crippen molar-refractivity contribution in [1.82, 2.24) is 10.6 Å². The zero-order valence-electron chi connectivity index (χ0n) is 10.0. The van der Waals surface area contributed by atoms with Gasteiger partial charge in [0, 0.05) is 6.54 Å². The summed E-state index contributed by atoms with van der Waals surface area (Å²) in [6, 6.07) is 0. The second-order valence-electron chi connectivity index (χ2n) is 4.01. The highest BCUT2D eigenvalue weighted by Crippen LogP contribution is 2.01. The van der Waals surface area contributed by atoms with Crippen LogP contribution in [0, 0.1) is 0 Å². The van der Waals surface area contributed by atoms with Crippen LogP contribution in [0.3, 0.4) is 0 Å². The Morgan fingerprint density at radius 3 is 1.71 bits per heavy atom. The summed E-state index contributed by atoms with van der Waals surface area (Å²) in [5.41, 5.74) is 7.10. The molecule has 0 aliphatic carbocycles. The molecule has 85 valence electrons. The van der Waals surface area contributed by atoms with Crippen LogP contribution in [-0.4, -0.2) is 31.1 Å². The minimum absolute atomic E-state index is 0.593. The van der Waals surface area contributed by atoms with E-state index in [9.17, 15) is 0 Å². The number of nitrogens with one attached hydrogen (secondary N) is 1. The second-order valence-corrected chi connectivity index (χ2v) is 4.01. The first-order chi connectivity index (χ1) is 6.85. The average molecular weight is 199 g/mol. The van der Waals surface area contributed by atoms with Crippen LogP contribution in [0.25, 0.3) is 0 Å². The van der Waals surface area contributed by atoms with Crippen molar-refractivity contribution in [1.29, 1.82) is 0 Å². The van der Waals surface area contributed by atoms with Crippen molar-refractivity contribution >= 4 is 0 Å². The maximum Gasteiger partial charge on any atom is 0.0100 e. The summed E-state index contributed by atoms with van der Waals surface area (Å²) >= 11 is 0. The van der Waals surface area contributed by atoms with Crippen molar-refractivity contribution in [2.45, 2.75) is 52.4 Å². The van der Waals surface area contributed by atoms with E-state index >= 15 is 0 Å². The molecule has 2 nitrogen and oxygen atoms in total. The summed E-state index contributed by atoms with van der Waals surface area (Å²) < 4.78 is 0. The smallest absolute Gasteiger partial charge is 0.0100 e. The molecule has 1 radical (unpaired) electrons. The van der Waals surface area contributed by atoms with Crippen molar-refractivity contribution in [2.24, 2.45) is 0 Å². The molecule has 0 fully saturated rings. The third-order valence-electron chi connectivity index (χ3n) is 2.56. The quantitative estimate of drug-likeness (QED) is 0.497. The molecule has 2 heteroatoms. The third-order valence-corrected chi connectivity index (χ3v) is 2.56. The van der Waals surface area contributed by atoms with E-state index in [1.54, 1.807) is 0 Å². The highest BCUT2D eigenvalue weighted by atomic mass is 15.1. The van der Waals surface area contributed by atoms with Gasteiger partial charge in [0.05, 0.1) is 0 Å². The molecule has 0 atom stereocenters. The molecule has 0 heterocycles. The van der Waals surface area contributed by atoms with Gasteiger partial charge in [-0.25, -0.2) is 0 Å². The molecule has 0 saturated heterocycles. The monoisotopic (exact) mass is 199 g/mol. The van der Waals surface area contributed by atoms with Crippen LogP contribution in [0.2, 0.25) is 0 Å². The predicted molar refractivity (Wildman–Crippen MR) is 63.5 cm³/mol. The van der Waals surface area contributed by atoms with E-state index in [1.807, 2.05) is 0 Å². The molecule has 0 rings (SSSR count). The van der Waals surface area contributed by atoms with E-state index in [1.165, 1.54) is 51.7 Å². The van der Waals surface area contributed by atoms with Gasteiger partial charge in [-0.15, -0.1) is 0 Å². The summed E-state index contributed by atoms with van der Waals surface area (Å²) in [6.45, 7) is 8.82. The summed E-state index contributed by atoms with van der Waals surface area (Å²) in [5, 5.41) is 0. The van der Waals surface area contributed by atoms with Crippen LogP contribution in [-0.2, 0) is 0 Å². The van der Waals surface area contributed by atoms with E-state index in [2.05, 4.69) is 18.7 Å². The number of hydrogen-bond donors (Lipinski definition) is 0. The van der Waals surface area contributed by atoms with Crippen LogP contribution in [0.1, 0.15) is 52.4 Å². The lowest BCUT2D eigenvalue weighted by molar-refractivity contribution is 0.260. The zero-order valence-corrected chi connectivity index (χ0v) is 10.0. The first-order valence-electron chi connectivity index (χ1n) is 6.22. The number of hydrogen-bond acceptors (Lipinski definition) is 1. The maximum atomic E-state index is 7.10. The molecule has 1 N–H and O–H groups in total. The van der Waals surface area contributed by atoms with Gasteiger partial charge in [-0.05, 0) is 45.3 Å². The van der Waals surface area contributed by atoms with Gasteiger partial charge in [-0.1, -0.05) is 26.7 Å². The van der Waals surface area contributed by atoms with Crippen molar-refractivity contribution in [3.05, 3.63) is 0 Å². The van der Waals surface area contributed by atoms with Gasteiger partial charge in [-0.3, -0.25) is 5.73 Å². The summed E-state index contributed by atoms with van der Waals surface area (Å²) in [6.07, 6.45) is 7.50. The third kappa shape index (κ3) is 8.52. The van der Waals surface area contributed by atoms with Gasteiger partial charge in [0.25, 0.3) is 0 Å². The summed E-state index contributed by atoms with van der Waals surface area (Å²) in [4.78, 5) is 2.57. The Kier molecular flexibility index (Phi) is 10.9. The van der Waals surface area contributed by atoms with Crippen LogP contribution < -0.4 is 5.73 Å². The van der Waals surface area contributed by atoms with Gasteiger partial charge in [0.1, 0.15) is 0 Å². The lowest BCUT2D eigenvalue weighted by atomic mass is 10.2. The van der Waals surface area contributed by atoms with Crippen molar-refractivity contribution in [2.75, 3.05) is 26.2 Å². The molecule has 0 unspecified atom stereocenters. The minimum atomic E-state index is 0.593. The largest absolute Gasteiger partial charge is 0.303 e. The molecule has 0 amide bonds. The fraction of sp³-hybridized carbons (Fsp3) is 1.00. The lowest BCUT2D eigenvalue weighted by Gasteiger charge is -2.21. The van der Waals surface area contributed by atoms with E-state index in [-0.39, 0.29) is 0 Å². The first-order valence-corrected chi connectivity index (χ1v) is 6.22. The first kappa shape index (κ1) is 13.9. The molecule has 14 heavy (non-hydrogen) atoms. The van der Waals surface area contributed by atoms with E-state index < -0.39 is 0 Å². The topological polar surface area (TPSA) is 27.0 Å². The standard InChI is InChI=1S/C12H27N2/c1-3-5-10-14(11-6-4-2)12-8-7-9-13/h13H,3-12H2,1-2H3. The summed E-state index contributed by atoms with van der Waals surface area (Å²) in [7, 11) is 0. The molecule has 0 aliphatic heterocycles. The SMILES string of the molecule is CCCCN(CCCC)CCCC[NH]. The molecule has 0 aromatic heterocycles. The normalized spacial score (nSPS) is 11.1. The average Bonchev–Trinajstić information content (AvgIpc) is 2.21. The van der Waals surface area contributed by atoms with Crippen LogP contribution in [0.4, 0.5) is 0 Å². The van der Waals surface area contributed by atoms with Crippen molar-refractivity contribution in [3.8, 4) is 0 Å². The van der Waals surface area contributed by atoms with Gasteiger partial charge < -0.3 is 4.90 Å². The second kappa shape index (κ2) is 11.0. The summed E-state index contributed by atoms with van der Waals surface area (Å²) in [5.74, 6) is 0. The highest BCUT2D eigenvalue weighted by Gasteiger charge is 2.02. The molecular formula is C12H27N2. The number of rotatable bonds is 10. The molecule has 0 aromatic rings. The van der Waals surface area contributed by atoms with E-state index in [0.29, 0.717) is 6.54 Å². The van der Waals surface area contributed by atoms with Gasteiger partial charge in [0.2, 0.25) is 0 Å². The lowest BCUT2D eigenvalue weighted by Crippen LogP contribution is -2.27. The van der Waals surface area contributed by atoms with Gasteiger partial charge >= 0.3 is 0 Å². The fourth-order valence-corrected chi connectivity index (χ4v) is 1.56. The number of unbranched alkanes of at least 4 members (excludes halogenated alkanes) is 3. The molecule has 0 saturated carbocycles. The maximum absolute atomic E-state index is 7.10. The van der Waals surface area contributed by atoms with Crippen LogP contribution in [0.5, 0.6) is 0 Å². The Balaban J connectivity index is 3.49. The van der Waals surface area contributed by atoms with E-state index in [0.717, 1.165) is 6.42 Å². The van der Waals surface area contributed by atoms with Gasteiger partial charge in [-0.2, -0.15) is 0 Å². The van der Waals surface area contributed by atoms with Crippen LogP contribution >= 0.6 is 0 Å². The fourth-order valence-electron chi connectivity index (χ4n) is 1.56. The minimum Gasteiger partial charge on any atom is -0.303 e. The highest BCUT2D eigenvalue weighted by molar-refractivity contribution is 4.58. The molecule has 0 aromatic carbocycles. The van der Waals surface area contributed by atoms with Crippen molar-refractivity contribution < 1.29 is 0 Å². The van der Waals surface area contributed by atoms with Crippen molar-refractivity contribution in [3.63, 3.8) is 0 Å². The molecule has 0 spiro atoms. The van der Waals surface area contributed by atoms with Crippen LogP contribution in [0.15, 0.2) is 0 Å². The Labute approximate surface area is 89.9 Å². The Morgan fingerprint density at radius 2 is 1.29 bits per heavy atom. The number of nitrogens with zero attached hydrogens (tertiary/aromatic N) is 1.